The molecule has 0 unspecified atom stereocenters. The van der Waals surface area contributed by atoms with Crippen LogP contribution in [-0.2, 0) is 0 Å². The summed E-state index contributed by atoms with van der Waals surface area (Å²) in [5.41, 5.74) is 2.74. The number of halogens is 1. The maximum Gasteiger partial charge on any atom is 0.319 e. The molecule has 0 bridgehead atoms. The Bertz CT molecular complexity index is 409. The first-order valence-corrected chi connectivity index (χ1v) is 6.66. The third-order valence-electron chi connectivity index (χ3n) is 2.77. The van der Waals surface area contributed by atoms with E-state index >= 15 is 0 Å². The molecule has 0 saturated heterocycles. The molecule has 1 aromatic rings. The lowest BCUT2D eigenvalue weighted by Gasteiger charge is -2.16. The standard InChI is InChI=1S/C14H21ClN2O/c1-5-6-11(4)16-14(18)17-13-10(3)7-9(2)8-12(13)15/h7-8,11H,5-6H2,1-4H3,(H2,16,17,18)/t11-/m0/s1. The number of hydrogen-bond donors (Lipinski definition) is 2. The van der Waals surface area contributed by atoms with E-state index in [1.165, 1.54) is 0 Å². The van der Waals surface area contributed by atoms with Gasteiger partial charge in [0.25, 0.3) is 0 Å². The number of carbonyl (C=O) groups excluding carboxylic acids is 1. The van der Waals surface area contributed by atoms with Crippen LogP contribution in [0, 0.1) is 13.8 Å². The lowest BCUT2D eigenvalue weighted by atomic mass is 10.1. The van der Waals surface area contributed by atoms with Crippen LogP contribution >= 0.6 is 11.6 Å². The number of rotatable bonds is 4. The van der Waals surface area contributed by atoms with Crippen molar-refractivity contribution in [1.29, 1.82) is 0 Å². The molecule has 3 nitrogen and oxygen atoms in total. The van der Waals surface area contributed by atoms with E-state index in [9.17, 15) is 4.79 Å². The number of anilines is 1. The van der Waals surface area contributed by atoms with Gasteiger partial charge in [0.2, 0.25) is 0 Å². The molecule has 100 valence electrons. The van der Waals surface area contributed by atoms with Crippen LogP contribution in [0.1, 0.15) is 37.8 Å². The molecule has 0 fully saturated rings. The number of aryl methyl sites for hydroxylation is 2. The fraction of sp³-hybridized carbons (Fsp3) is 0.500. The molecule has 2 N–H and O–H groups in total. The van der Waals surface area contributed by atoms with E-state index in [2.05, 4.69) is 17.6 Å². The molecule has 4 heteroatoms. The average Bonchev–Trinajstić information content (AvgIpc) is 2.23. The predicted octanol–water partition coefficient (Wildman–Crippen LogP) is 4.27. The molecule has 1 rings (SSSR count). The molecule has 0 aliphatic heterocycles. The Kier molecular flexibility index (Phi) is 5.48. The van der Waals surface area contributed by atoms with Crippen molar-refractivity contribution in [3.63, 3.8) is 0 Å². The fourth-order valence-corrected chi connectivity index (χ4v) is 2.32. The highest BCUT2D eigenvalue weighted by atomic mass is 35.5. The molecule has 0 aliphatic carbocycles. The van der Waals surface area contributed by atoms with Crippen molar-refractivity contribution in [2.45, 2.75) is 46.6 Å². The van der Waals surface area contributed by atoms with Gasteiger partial charge >= 0.3 is 6.03 Å². The first-order chi connectivity index (χ1) is 8.43. The Hall–Kier alpha value is -1.22. The Morgan fingerprint density at radius 1 is 1.39 bits per heavy atom. The van der Waals surface area contributed by atoms with Crippen LogP contribution in [-0.4, -0.2) is 12.1 Å². The van der Waals surface area contributed by atoms with Crippen LogP contribution in [0.2, 0.25) is 5.02 Å². The van der Waals surface area contributed by atoms with E-state index < -0.39 is 0 Å². The van der Waals surface area contributed by atoms with Gasteiger partial charge in [0.05, 0.1) is 10.7 Å². The maximum atomic E-state index is 11.8. The van der Waals surface area contributed by atoms with Gasteiger partial charge in [-0.25, -0.2) is 4.79 Å². The topological polar surface area (TPSA) is 41.1 Å². The summed E-state index contributed by atoms with van der Waals surface area (Å²) in [5, 5.41) is 6.28. The molecular weight excluding hydrogens is 248 g/mol. The highest BCUT2D eigenvalue weighted by molar-refractivity contribution is 6.34. The second-order valence-electron chi connectivity index (χ2n) is 4.73. The molecule has 1 atom stereocenters. The van der Waals surface area contributed by atoms with E-state index in [0.29, 0.717) is 10.7 Å². The zero-order valence-corrected chi connectivity index (χ0v) is 12.2. The molecule has 0 saturated carbocycles. The normalized spacial score (nSPS) is 12.1. The lowest BCUT2D eigenvalue weighted by molar-refractivity contribution is 0.248. The van der Waals surface area contributed by atoms with Crippen LogP contribution < -0.4 is 10.6 Å². The van der Waals surface area contributed by atoms with Gasteiger partial charge in [-0.05, 0) is 44.4 Å². The average molecular weight is 269 g/mol. The molecule has 0 heterocycles. The number of hydrogen-bond acceptors (Lipinski definition) is 1. The second-order valence-corrected chi connectivity index (χ2v) is 5.13. The number of urea groups is 1. The first kappa shape index (κ1) is 14.8. The molecule has 0 spiro atoms. The summed E-state index contributed by atoms with van der Waals surface area (Å²) in [4.78, 5) is 11.8. The van der Waals surface area contributed by atoms with Crippen LogP contribution in [0.4, 0.5) is 10.5 Å². The number of amides is 2. The quantitative estimate of drug-likeness (QED) is 0.841. The second kappa shape index (κ2) is 6.64. The van der Waals surface area contributed by atoms with E-state index in [4.69, 9.17) is 11.6 Å². The van der Waals surface area contributed by atoms with Crippen LogP contribution in [0.5, 0.6) is 0 Å². The smallest absolute Gasteiger partial charge is 0.319 e. The Morgan fingerprint density at radius 2 is 2.06 bits per heavy atom. The van der Waals surface area contributed by atoms with E-state index in [0.717, 1.165) is 24.0 Å². The fourth-order valence-electron chi connectivity index (χ4n) is 1.95. The van der Waals surface area contributed by atoms with Gasteiger partial charge in [0, 0.05) is 6.04 Å². The third-order valence-corrected chi connectivity index (χ3v) is 3.07. The summed E-state index contributed by atoms with van der Waals surface area (Å²) in [5.74, 6) is 0. The van der Waals surface area contributed by atoms with E-state index in [1.54, 1.807) is 0 Å². The lowest BCUT2D eigenvalue weighted by Crippen LogP contribution is -2.36. The molecular formula is C14H21ClN2O. The van der Waals surface area contributed by atoms with Crippen molar-refractivity contribution in [2.75, 3.05) is 5.32 Å². The van der Waals surface area contributed by atoms with Crippen LogP contribution in [0.25, 0.3) is 0 Å². The minimum Gasteiger partial charge on any atom is -0.335 e. The van der Waals surface area contributed by atoms with Gasteiger partial charge in [-0.2, -0.15) is 0 Å². The number of benzene rings is 1. The highest BCUT2D eigenvalue weighted by Gasteiger charge is 2.11. The SMILES string of the molecule is CCC[C@H](C)NC(=O)Nc1c(C)cc(C)cc1Cl. The molecule has 0 aliphatic rings. The van der Waals surface area contributed by atoms with Crippen molar-refractivity contribution in [3.05, 3.63) is 28.3 Å². The summed E-state index contributed by atoms with van der Waals surface area (Å²) in [6.45, 7) is 8.00. The van der Waals surface area contributed by atoms with Gasteiger partial charge in [-0.3, -0.25) is 0 Å². The monoisotopic (exact) mass is 268 g/mol. The summed E-state index contributed by atoms with van der Waals surface area (Å²) in [6.07, 6.45) is 2.01. The zero-order valence-electron chi connectivity index (χ0n) is 11.4. The first-order valence-electron chi connectivity index (χ1n) is 6.28. The molecule has 1 aromatic carbocycles. The van der Waals surface area contributed by atoms with E-state index in [-0.39, 0.29) is 12.1 Å². The van der Waals surface area contributed by atoms with Crippen molar-refractivity contribution in [2.24, 2.45) is 0 Å². The van der Waals surface area contributed by atoms with Gasteiger partial charge in [-0.1, -0.05) is 31.0 Å². The zero-order chi connectivity index (χ0) is 13.7. The van der Waals surface area contributed by atoms with Crippen LogP contribution in [0.3, 0.4) is 0 Å². The van der Waals surface area contributed by atoms with Gasteiger partial charge < -0.3 is 10.6 Å². The molecule has 0 aromatic heterocycles. The molecule has 2 amide bonds. The van der Waals surface area contributed by atoms with Crippen molar-refractivity contribution in [1.82, 2.24) is 5.32 Å². The van der Waals surface area contributed by atoms with Crippen molar-refractivity contribution in [3.8, 4) is 0 Å². The Balaban J connectivity index is 2.70. The predicted molar refractivity (Wildman–Crippen MR) is 77.5 cm³/mol. The van der Waals surface area contributed by atoms with Crippen molar-refractivity contribution < 1.29 is 4.79 Å². The summed E-state index contributed by atoms with van der Waals surface area (Å²) in [7, 11) is 0. The van der Waals surface area contributed by atoms with Crippen LogP contribution in [0.15, 0.2) is 12.1 Å². The minimum atomic E-state index is -0.204. The minimum absolute atomic E-state index is 0.166. The maximum absolute atomic E-state index is 11.8. The molecule has 0 radical (unpaired) electrons. The third kappa shape index (κ3) is 4.22. The highest BCUT2D eigenvalue weighted by Crippen LogP contribution is 2.27. The largest absolute Gasteiger partial charge is 0.335 e. The van der Waals surface area contributed by atoms with Gasteiger partial charge in [0.15, 0.2) is 0 Å². The number of nitrogens with one attached hydrogen (secondary N) is 2. The van der Waals surface area contributed by atoms with Gasteiger partial charge in [-0.15, -0.1) is 0 Å². The summed E-state index contributed by atoms with van der Waals surface area (Å²) < 4.78 is 0. The molecule has 18 heavy (non-hydrogen) atoms. The van der Waals surface area contributed by atoms with Crippen molar-refractivity contribution >= 4 is 23.3 Å². The summed E-state index contributed by atoms with van der Waals surface area (Å²) in [6, 6.07) is 3.81. The van der Waals surface area contributed by atoms with E-state index in [1.807, 2.05) is 32.9 Å². The Labute approximate surface area is 114 Å². The van der Waals surface area contributed by atoms with Gasteiger partial charge in [0.1, 0.15) is 0 Å². The number of carbonyl (C=O) groups is 1. The Morgan fingerprint density at radius 3 is 2.61 bits per heavy atom. The summed E-state index contributed by atoms with van der Waals surface area (Å²) >= 11 is 6.13.